The van der Waals surface area contributed by atoms with E-state index in [-0.39, 0.29) is 17.3 Å². The largest absolute Gasteiger partial charge is 0.375 e. The van der Waals surface area contributed by atoms with Gasteiger partial charge in [-0.25, -0.2) is 4.39 Å². The Morgan fingerprint density at radius 3 is 2.46 bits per heavy atom. The van der Waals surface area contributed by atoms with Crippen LogP contribution in [0.3, 0.4) is 0 Å². The van der Waals surface area contributed by atoms with Crippen LogP contribution >= 0.6 is 9.24 Å². The smallest absolute Gasteiger partial charge is 0.283 e. The predicted molar refractivity (Wildman–Crippen MR) is 156 cm³/mol. The van der Waals surface area contributed by atoms with E-state index < -0.39 is 16.9 Å². The highest BCUT2D eigenvalue weighted by molar-refractivity contribution is 7.17. The summed E-state index contributed by atoms with van der Waals surface area (Å²) >= 11 is 0. The highest BCUT2D eigenvalue weighted by Gasteiger charge is 2.48. The molecule has 5 rings (SSSR count). The number of anilines is 2. The van der Waals surface area contributed by atoms with E-state index in [1.807, 2.05) is 25.2 Å². The molecule has 3 aromatic rings. The van der Waals surface area contributed by atoms with Gasteiger partial charge < -0.3 is 10.2 Å². The number of nitrogens with one attached hydrogen (secondary N) is 1. The second-order valence-electron chi connectivity index (χ2n) is 10.9. The van der Waals surface area contributed by atoms with E-state index in [2.05, 4.69) is 48.0 Å². The van der Waals surface area contributed by atoms with Crippen LogP contribution in [0.15, 0.2) is 72.9 Å². The predicted octanol–water partition coefficient (Wildman–Crippen LogP) is 8.17. The number of carbonyl (C=O) groups is 1. The first-order chi connectivity index (χ1) is 18.5. The summed E-state index contributed by atoms with van der Waals surface area (Å²) in [6.07, 6.45) is 3.23. The van der Waals surface area contributed by atoms with E-state index >= 15 is 4.39 Å². The average Bonchev–Trinajstić information content (AvgIpc) is 3.61. The SMILES string of the molecule is C=C(Nc1ccc2c(c1)CCC2=O)C(CC1(c2cc(C(F)(F)P)ccc2F)CC1)c1ccc(N(C)CC)cc1. The van der Waals surface area contributed by atoms with Crippen LogP contribution in [0.25, 0.3) is 0 Å². The zero-order valence-corrected chi connectivity index (χ0v) is 23.5. The Morgan fingerprint density at radius 1 is 1.10 bits per heavy atom. The molecule has 2 aliphatic rings. The van der Waals surface area contributed by atoms with Gasteiger partial charge in [0.25, 0.3) is 5.66 Å². The van der Waals surface area contributed by atoms with Gasteiger partial charge in [0.1, 0.15) is 5.82 Å². The quantitative estimate of drug-likeness (QED) is 0.259. The first kappa shape index (κ1) is 27.5. The van der Waals surface area contributed by atoms with Crippen molar-refractivity contribution in [2.45, 2.75) is 56.0 Å². The summed E-state index contributed by atoms with van der Waals surface area (Å²) in [7, 11) is 3.58. The normalized spacial score (nSPS) is 16.5. The van der Waals surface area contributed by atoms with E-state index in [1.165, 1.54) is 6.07 Å². The molecule has 204 valence electrons. The molecule has 1 fully saturated rings. The highest BCUT2D eigenvalue weighted by atomic mass is 31.0. The van der Waals surface area contributed by atoms with Crippen LogP contribution in [0.4, 0.5) is 24.5 Å². The van der Waals surface area contributed by atoms with Gasteiger partial charge in [-0.05, 0) is 103 Å². The number of carbonyl (C=O) groups excluding carboxylic acids is 1. The number of alkyl halides is 2. The molecule has 0 saturated heterocycles. The van der Waals surface area contributed by atoms with Crippen molar-refractivity contribution < 1.29 is 18.0 Å². The van der Waals surface area contributed by atoms with Crippen molar-refractivity contribution in [2.75, 3.05) is 23.8 Å². The summed E-state index contributed by atoms with van der Waals surface area (Å²) in [5.41, 5.74) is 1.97. The lowest BCUT2D eigenvalue weighted by atomic mass is 9.80. The summed E-state index contributed by atoms with van der Waals surface area (Å²) in [6, 6.07) is 17.7. The molecule has 1 saturated carbocycles. The Labute approximate surface area is 230 Å². The van der Waals surface area contributed by atoms with E-state index in [1.54, 1.807) is 9.24 Å². The zero-order chi connectivity index (χ0) is 27.9. The minimum absolute atomic E-state index is 0.168. The number of hydrogen-bond donors (Lipinski definition) is 1. The fourth-order valence-corrected chi connectivity index (χ4v) is 5.84. The number of aryl methyl sites for hydroxylation is 1. The number of nitrogens with zero attached hydrogens (tertiary/aromatic N) is 1. The molecule has 0 amide bonds. The third-order valence-corrected chi connectivity index (χ3v) is 8.67. The van der Waals surface area contributed by atoms with Gasteiger partial charge in [0.15, 0.2) is 5.78 Å². The van der Waals surface area contributed by atoms with E-state index in [0.29, 0.717) is 18.4 Å². The topological polar surface area (TPSA) is 32.3 Å². The first-order valence-corrected chi connectivity index (χ1v) is 14.0. The van der Waals surface area contributed by atoms with Crippen LogP contribution in [0.2, 0.25) is 0 Å². The molecule has 0 bridgehead atoms. The van der Waals surface area contributed by atoms with Gasteiger partial charge in [-0.2, -0.15) is 8.78 Å². The van der Waals surface area contributed by atoms with E-state index in [9.17, 15) is 13.6 Å². The van der Waals surface area contributed by atoms with Gasteiger partial charge in [-0.3, -0.25) is 4.79 Å². The zero-order valence-electron chi connectivity index (χ0n) is 22.4. The Bertz CT molecular complexity index is 1410. The molecule has 0 aliphatic heterocycles. The molecule has 2 unspecified atom stereocenters. The van der Waals surface area contributed by atoms with Crippen LogP contribution in [0.5, 0.6) is 0 Å². The number of Topliss-reactive ketones (excluding diaryl/α,β-unsaturated/α-hetero) is 1. The Kier molecular flexibility index (Phi) is 7.37. The maximum Gasteiger partial charge on any atom is 0.283 e. The van der Waals surface area contributed by atoms with Gasteiger partial charge >= 0.3 is 0 Å². The number of fused-ring (bicyclic) bond motifs is 1. The second kappa shape index (κ2) is 10.5. The molecule has 39 heavy (non-hydrogen) atoms. The summed E-state index contributed by atoms with van der Waals surface area (Å²) in [4.78, 5) is 14.2. The van der Waals surface area contributed by atoms with Gasteiger partial charge in [0.2, 0.25) is 0 Å². The van der Waals surface area contributed by atoms with Crippen LogP contribution in [0, 0.1) is 5.82 Å². The lowest BCUT2D eigenvalue weighted by Gasteiger charge is -2.28. The van der Waals surface area contributed by atoms with Crippen molar-refractivity contribution in [1.82, 2.24) is 0 Å². The lowest BCUT2D eigenvalue weighted by Crippen LogP contribution is -2.20. The molecule has 0 aromatic heterocycles. The standard InChI is InChI=1S/C32H34F3N2OP/c1-4-37(3)25-10-5-21(6-11-25)27(20(2)36-24-9-12-26-22(17-24)7-14-30(26)38)19-31(15-16-31)28-18-23(32(34,35)39)8-13-29(28)33/h5-6,8-13,17-18,27,36H,2,4,7,14-16,19,39H2,1,3H3. The number of ketones is 1. The molecule has 2 atom stereocenters. The Morgan fingerprint density at radius 2 is 1.82 bits per heavy atom. The van der Waals surface area contributed by atoms with Gasteiger partial charge in [0, 0.05) is 54.1 Å². The molecule has 0 radical (unpaired) electrons. The maximum atomic E-state index is 15.1. The van der Waals surface area contributed by atoms with Crippen LogP contribution in [-0.2, 0) is 17.5 Å². The molecular formula is C32H34F3N2OP. The van der Waals surface area contributed by atoms with Gasteiger partial charge in [0.05, 0.1) is 0 Å². The van der Waals surface area contributed by atoms with Crippen LogP contribution < -0.4 is 10.2 Å². The highest BCUT2D eigenvalue weighted by Crippen LogP contribution is 2.56. The van der Waals surface area contributed by atoms with Crippen molar-refractivity contribution >= 4 is 26.4 Å². The minimum Gasteiger partial charge on any atom is -0.375 e. The van der Waals surface area contributed by atoms with Crippen molar-refractivity contribution in [1.29, 1.82) is 0 Å². The Hall–Kier alpha value is -3.11. The van der Waals surface area contributed by atoms with Crippen LogP contribution in [0.1, 0.15) is 71.1 Å². The van der Waals surface area contributed by atoms with E-state index in [0.717, 1.165) is 71.7 Å². The molecule has 1 N–H and O–H groups in total. The number of allylic oxidation sites excluding steroid dienone is 1. The fourth-order valence-electron chi connectivity index (χ4n) is 5.66. The summed E-state index contributed by atoms with van der Waals surface area (Å²) in [6.45, 7) is 7.35. The third-order valence-electron chi connectivity index (χ3n) is 8.33. The summed E-state index contributed by atoms with van der Waals surface area (Å²) in [5.74, 6) is -0.477. The number of halogens is 3. The van der Waals surface area contributed by atoms with Crippen molar-refractivity contribution in [3.8, 4) is 0 Å². The third kappa shape index (κ3) is 5.63. The summed E-state index contributed by atoms with van der Waals surface area (Å²) < 4.78 is 43.3. The molecule has 3 nitrogen and oxygen atoms in total. The molecule has 7 heteroatoms. The molecule has 0 spiro atoms. The molecule has 0 heterocycles. The second-order valence-corrected chi connectivity index (χ2v) is 11.6. The van der Waals surface area contributed by atoms with Crippen molar-refractivity contribution in [3.05, 3.63) is 107 Å². The van der Waals surface area contributed by atoms with Gasteiger partial charge in [-0.1, -0.05) is 28.0 Å². The fraction of sp³-hybridized carbons (Fsp3) is 0.344. The van der Waals surface area contributed by atoms with Gasteiger partial charge in [-0.15, -0.1) is 0 Å². The molecular weight excluding hydrogens is 516 g/mol. The van der Waals surface area contributed by atoms with E-state index in [4.69, 9.17) is 0 Å². The maximum absolute atomic E-state index is 15.1. The number of rotatable bonds is 10. The van der Waals surface area contributed by atoms with Crippen molar-refractivity contribution in [3.63, 3.8) is 0 Å². The molecule has 3 aromatic carbocycles. The first-order valence-electron chi connectivity index (χ1n) is 13.4. The molecule has 2 aliphatic carbocycles. The Balaban J connectivity index is 1.48. The number of benzene rings is 3. The average molecular weight is 551 g/mol. The lowest BCUT2D eigenvalue weighted by molar-refractivity contribution is 0.0993. The summed E-state index contributed by atoms with van der Waals surface area (Å²) in [5, 5.41) is 3.45. The minimum atomic E-state index is -3.13. The number of hydrogen-bond acceptors (Lipinski definition) is 3. The van der Waals surface area contributed by atoms with Crippen molar-refractivity contribution in [2.24, 2.45) is 0 Å². The monoisotopic (exact) mass is 550 g/mol. The van der Waals surface area contributed by atoms with Crippen LogP contribution in [-0.4, -0.2) is 19.4 Å².